The third kappa shape index (κ3) is 6.25. The summed E-state index contributed by atoms with van der Waals surface area (Å²) in [6.45, 7) is 6.83. The predicted molar refractivity (Wildman–Crippen MR) is 126 cm³/mol. The highest BCUT2D eigenvalue weighted by atomic mass is 32.2. The predicted octanol–water partition coefficient (Wildman–Crippen LogP) is 2.62. The third-order valence-corrected chi connectivity index (χ3v) is 7.11. The zero-order valence-electron chi connectivity index (χ0n) is 18.2. The molecule has 1 heterocycles. The smallest absolute Gasteiger partial charge is 0.248 e. The number of carbonyl (C=O) groups excluding carboxylic acids is 2. The van der Waals surface area contributed by atoms with E-state index < -0.39 is 10.0 Å². The zero-order valence-corrected chi connectivity index (χ0v) is 19.1. The van der Waals surface area contributed by atoms with E-state index in [2.05, 4.69) is 22.5 Å². The Morgan fingerprint density at radius 3 is 2.03 bits per heavy atom. The Balaban J connectivity index is 1.57. The molecule has 0 unspecified atom stereocenters. The van der Waals surface area contributed by atoms with Gasteiger partial charge in [0.05, 0.1) is 4.90 Å². The molecule has 8 nitrogen and oxygen atoms in total. The number of sulfonamides is 1. The normalized spacial score (nSPS) is 15.6. The zero-order chi connectivity index (χ0) is 23.1. The molecule has 1 aliphatic rings. The molecule has 9 heteroatoms. The standard InChI is InChI=1S/C23H28N4O4S/c1-3-26-14-16-27(17-15-26)32(30,31)22-11-9-21(10-12-22)25-23(29)13-6-19-4-7-20(8-5-19)24-18(2)28/h4-13H,3,14-17H2,1-2H3,(H,24,28)(H,25,29)/b13-6+. The summed E-state index contributed by atoms with van der Waals surface area (Å²) < 4.78 is 27.2. The average molecular weight is 457 g/mol. The summed E-state index contributed by atoms with van der Waals surface area (Å²) in [4.78, 5) is 25.7. The molecule has 1 saturated heterocycles. The van der Waals surface area contributed by atoms with Crippen molar-refractivity contribution in [3.8, 4) is 0 Å². The maximum Gasteiger partial charge on any atom is 0.248 e. The van der Waals surface area contributed by atoms with Gasteiger partial charge in [0.25, 0.3) is 0 Å². The number of hydrogen-bond donors (Lipinski definition) is 2. The molecule has 1 fully saturated rings. The van der Waals surface area contributed by atoms with Crippen LogP contribution in [-0.2, 0) is 19.6 Å². The number of likely N-dealkylation sites (N-methyl/N-ethyl adjacent to an activating group) is 1. The lowest BCUT2D eigenvalue weighted by atomic mass is 10.2. The van der Waals surface area contributed by atoms with Crippen LogP contribution >= 0.6 is 0 Å². The Kier molecular flexibility index (Phi) is 7.79. The van der Waals surface area contributed by atoms with Crippen molar-refractivity contribution in [2.24, 2.45) is 0 Å². The van der Waals surface area contributed by atoms with Gasteiger partial charge in [-0.2, -0.15) is 4.31 Å². The molecule has 0 radical (unpaired) electrons. The quantitative estimate of drug-likeness (QED) is 0.624. The van der Waals surface area contributed by atoms with Crippen molar-refractivity contribution in [3.63, 3.8) is 0 Å². The van der Waals surface area contributed by atoms with Gasteiger partial charge in [0, 0.05) is 50.6 Å². The molecule has 2 amide bonds. The largest absolute Gasteiger partial charge is 0.326 e. The Bertz CT molecular complexity index is 1070. The molecule has 0 saturated carbocycles. The van der Waals surface area contributed by atoms with Gasteiger partial charge in [-0.25, -0.2) is 8.42 Å². The minimum atomic E-state index is -3.54. The van der Waals surface area contributed by atoms with Crippen LogP contribution in [0, 0.1) is 0 Å². The van der Waals surface area contributed by atoms with Gasteiger partial charge >= 0.3 is 0 Å². The lowest BCUT2D eigenvalue weighted by Crippen LogP contribution is -2.48. The van der Waals surface area contributed by atoms with E-state index in [1.165, 1.54) is 29.4 Å². The van der Waals surface area contributed by atoms with Crippen LogP contribution in [0.4, 0.5) is 11.4 Å². The van der Waals surface area contributed by atoms with Gasteiger partial charge < -0.3 is 15.5 Å². The molecule has 32 heavy (non-hydrogen) atoms. The SMILES string of the molecule is CCN1CCN(S(=O)(=O)c2ccc(NC(=O)/C=C/c3ccc(NC(C)=O)cc3)cc2)CC1. The number of carbonyl (C=O) groups is 2. The second kappa shape index (κ2) is 10.5. The van der Waals surface area contributed by atoms with E-state index in [9.17, 15) is 18.0 Å². The first-order chi connectivity index (χ1) is 15.3. The summed E-state index contributed by atoms with van der Waals surface area (Å²) in [5.74, 6) is -0.479. The van der Waals surface area contributed by atoms with Crippen molar-refractivity contribution in [1.29, 1.82) is 0 Å². The number of benzene rings is 2. The van der Waals surface area contributed by atoms with Crippen LogP contribution in [-0.4, -0.2) is 62.2 Å². The van der Waals surface area contributed by atoms with Crippen molar-refractivity contribution in [2.75, 3.05) is 43.4 Å². The highest BCUT2D eigenvalue weighted by molar-refractivity contribution is 7.89. The van der Waals surface area contributed by atoms with Gasteiger partial charge in [-0.05, 0) is 54.6 Å². The summed E-state index contributed by atoms with van der Waals surface area (Å²) in [5, 5.41) is 5.40. The Morgan fingerprint density at radius 1 is 0.906 bits per heavy atom. The summed E-state index contributed by atoms with van der Waals surface area (Å²) in [6, 6.07) is 13.3. The van der Waals surface area contributed by atoms with Crippen molar-refractivity contribution in [2.45, 2.75) is 18.7 Å². The van der Waals surface area contributed by atoms with E-state index in [-0.39, 0.29) is 16.7 Å². The van der Waals surface area contributed by atoms with Crippen LogP contribution in [0.3, 0.4) is 0 Å². The van der Waals surface area contributed by atoms with E-state index in [0.29, 0.717) is 24.5 Å². The maximum atomic E-state index is 12.8. The molecular weight excluding hydrogens is 428 g/mol. The Labute approximate surface area is 189 Å². The minimum absolute atomic E-state index is 0.148. The molecule has 1 aliphatic heterocycles. The van der Waals surface area contributed by atoms with Crippen LogP contribution in [0.1, 0.15) is 19.4 Å². The molecule has 0 bridgehead atoms. The van der Waals surface area contributed by atoms with Gasteiger partial charge in [0.2, 0.25) is 21.8 Å². The number of anilines is 2. The monoisotopic (exact) mass is 456 g/mol. The Hall–Kier alpha value is -3.01. The first-order valence-corrected chi connectivity index (χ1v) is 11.9. The van der Waals surface area contributed by atoms with E-state index in [1.807, 2.05) is 0 Å². The van der Waals surface area contributed by atoms with Crippen LogP contribution < -0.4 is 10.6 Å². The van der Waals surface area contributed by atoms with Crippen molar-refractivity contribution in [3.05, 3.63) is 60.2 Å². The van der Waals surface area contributed by atoms with Crippen molar-refractivity contribution < 1.29 is 18.0 Å². The van der Waals surface area contributed by atoms with Gasteiger partial charge in [-0.15, -0.1) is 0 Å². The molecule has 0 aliphatic carbocycles. The molecule has 2 N–H and O–H groups in total. The fourth-order valence-corrected chi connectivity index (χ4v) is 4.80. The minimum Gasteiger partial charge on any atom is -0.326 e. The Morgan fingerprint density at radius 2 is 1.47 bits per heavy atom. The topological polar surface area (TPSA) is 98.8 Å². The number of nitrogens with zero attached hydrogens (tertiary/aromatic N) is 2. The molecule has 170 valence electrons. The van der Waals surface area contributed by atoms with E-state index >= 15 is 0 Å². The average Bonchev–Trinajstić information content (AvgIpc) is 2.78. The van der Waals surface area contributed by atoms with Gasteiger partial charge in [-0.3, -0.25) is 9.59 Å². The van der Waals surface area contributed by atoms with Gasteiger partial charge in [0.1, 0.15) is 0 Å². The molecule has 2 aromatic rings. The van der Waals surface area contributed by atoms with E-state index in [0.717, 1.165) is 25.2 Å². The molecular formula is C23H28N4O4S. The van der Waals surface area contributed by atoms with Crippen LogP contribution in [0.25, 0.3) is 6.08 Å². The lowest BCUT2D eigenvalue weighted by molar-refractivity contribution is -0.114. The van der Waals surface area contributed by atoms with E-state index in [1.54, 1.807) is 42.5 Å². The second-order valence-corrected chi connectivity index (χ2v) is 9.43. The number of amides is 2. The first kappa shape index (κ1) is 23.6. The summed E-state index contributed by atoms with van der Waals surface area (Å²) >= 11 is 0. The summed E-state index contributed by atoms with van der Waals surface area (Å²) in [5.41, 5.74) is 2.00. The van der Waals surface area contributed by atoms with Crippen molar-refractivity contribution in [1.82, 2.24) is 9.21 Å². The second-order valence-electron chi connectivity index (χ2n) is 7.49. The molecule has 0 atom stereocenters. The van der Waals surface area contributed by atoms with Gasteiger partial charge in [-0.1, -0.05) is 19.1 Å². The molecule has 0 spiro atoms. The number of nitrogens with one attached hydrogen (secondary N) is 2. The number of rotatable bonds is 7. The van der Waals surface area contributed by atoms with Crippen LogP contribution in [0.2, 0.25) is 0 Å². The maximum absolute atomic E-state index is 12.8. The molecule has 2 aromatic carbocycles. The number of hydrogen-bond acceptors (Lipinski definition) is 5. The third-order valence-electron chi connectivity index (χ3n) is 5.20. The fourth-order valence-electron chi connectivity index (χ4n) is 3.38. The first-order valence-electron chi connectivity index (χ1n) is 10.5. The molecule has 0 aromatic heterocycles. The van der Waals surface area contributed by atoms with Crippen molar-refractivity contribution >= 4 is 39.3 Å². The van der Waals surface area contributed by atoms with Crippen LogP contribution in [0.15, 0.2) is 59.5 Å². The van der Waals surface area contributed by atoms with Crippen LogP contribution in [0.5, 0.6) is 0 Å². The van der Waals surface area contributed by atoms with E-state index in [4.69, 9.17) is 0 Å². The lowest BCUT2D eigenvalue weighted by Gasteiger charge is -2.33. The summed E-state index contributed by atoms with van der Waals surface area (Å²) in [7, 11) is -3.54. The van der Waals surface area contributed by atoms with Gasteiger partial charge in [0.15, 0.2) is 0 Å². The highest BCUT2D eigenvalue weighted by Gasteiger charge is 2.27. The molecule has 3 rings (SSSR count). The number of piperazine rings is 1. The summed E-state index contributed by atoms with van der Waals surface area (Å²) in [6.07, 6.45) is 3.05. The fraction of sp³-hybridized carbons (Fsp3) is 0.304. The highest BCUT2D eigenvalue weighted by Crippen LogP contribution is 2.20.